The van der Waals surface area contributed by atoms with E-state index in [0.717, 1.165) is 36.9 Å². The molecule has 8 heteroatoms. The largest absolute Gasteiger partial charge is 0.387 e. The van der Waals surface area contributed by atoms with E-state index in [1.165, 1.54) is 24.1 Å². The second kappa shape index (κ2) is 16.6. The maximum Gasteiger partial charge on any atom is 0.253 e. The number of rotatable bonds is 9. The maximum atomic E-state index is 12.9. The van der Waals surface area contributed by atoms with E-state index in [1.807, 2.05) is 88.0 Å². The molecule has 2 unspecified atom stereocenters. The summed E-state index contributed by atoms with van der Waals surface area (Å²) in [6, 6.07) is 8.05. The summed E-state index contributed by atoms with van der Waals surface area (Å²) in [7, 11) is 3.78. The van der Waals surface area contributed by atoms with Crippen LogP contribution in [0.5, 0.6) is 0 Å². The molecule has 0 aromatic heterocycles. The van der Waals surface area contributed by atoms with E-state index in [-0.39, 0.29) is 11.9 Å². The first-order valence-corrected chi connectivity index (χ1v) is 14.5. The van der Waals surface area contributed by atoms with Gasteiger partial charge in [0.25, 0.3) is 5.91 Å². The minimum absolute atomic E-state index is 0.0411. The van der Waals surface area contributed by atoms with Gasteiger partial charge in [-0.2, -0.15) is 0 Å². The molecule has 38 heavy (non-hydrogen) atoms. The number of hydrogen-bond acceptors (Lipinski definition) is 6. The lowest BCUT2D eigenvalue weighted by Gasteiger charge is -2.26. The normalized spacial score (nSPS) is 19.1. The van der Waals surface area contributed by atoms with Crippen molar-refractivity contribution in [1.82, 2.24) is 26.0 Å². The molecule has 4 rings (SSSR count). The molecule has 3 aliphatic rings. The van der Waals surface area contributed by atoms with Crippen molar-refractivity contribution in [3.8, 4) is 0 Å². The Kier molecular flexibility index (Phi) is 13.9. The number of likely N-dealkylation sites (N-methyl/N-ethyl adjacent to an activating group) is 2. The summed E-state index contributed by atoms with van der Waals surface area (Å²) >= 11 is 6.06. The number of halogens is 1. The van der Waals surface area contributed by atoms with E-state index in [0.29, 0.717) is 30.4 Å². The topological polar surface area (TPSA) is 79.9 Å². The third-order valence-corrected chi connectivity index (χ3v) is 7.32. The van der Waals surface area contributed by atoms with Gasteiger partial charge in [0.2, 0.25) is 0 Å². The van der Waals surface area contributed by atoms with Crippen LogP contribution < -0.4 is 16.2 Å². The highest BCUT2D eigenvalue weighted by atomic mass is 35.5. The van der Waals surface area contributed by atoms with Gasteiger partial charge in [-0.05, 0) is 73.6 Å². The van der Waals surface area contributed by atoms with Crippen molar-refractivity contribution in [2.45, 2.75) is 71.9 Å². The maximum absolute atomic E-state index is 12.9. The zero-order valence-corrected chi connectivity index (χ0v) is 24.9. The molecule has 4 N–H and O–H groups in total. The third-order valence-electron chi connectivity index (χ3n) is 6.91. The van der Waals surface area contributed by atoms with E-state index in [9.17, 15) is 9.90 Å². The Morgan fingerprint density at radius 3 is 2.53 bits per heavy atom. The lowest BCUT2D eigenvalue weighted by atomic mass is 9.92. The smallest absolute Gasteiger partial charge is 0.253 e. The Balaban J connectivity index is 0.00000121. The Morgan fingerprint density at radius 2 is 1.84 bits per heavy atom. The Bertz CT molecular complexity index is 973. The summed E-state index contributed by atoms with van der Waals surface area (Å²) in [5.74, 6) is 0.0411. The molecule has 1 aromatic carbocycles. The number of carbonyl (C=O) groups is 1. The number of aliphatic hydroxyl groups excluding tert-OH is 1. The van der Waals surface area contributed by atoms with Crippen LogP contribution in [-0.4, -0.2) is 73.2 Å². The van der Waals surface area contributed by atoms with E-state index in [4.69, 9.17) is 11.6 Å². The van der Waals surface area contributed by atoms with Crippen LogP contribution in [0.25, 0.3) is 0 Å². The molecule has 1 aliphatic carbocycles. The van der Waals surface area contributed by atoms with Gasteiger partial charge in [0, 0.05) is 45.0 Å². The number of benzene rings is 1. The van der Waals surface area contributed by atoms with Crippen LogP contribution in [0.15, 0.2) is 58.4 Å². The van der Waals surface area contributed by atoms with Gasteiger partial charge in [-0.15, -0.1) is 0 Å². The van der Waals surface area contributed by atoms with E-state index in [2.05, 4.69) is 16.2 Å². The van der Waals surface area contributed by atoms with Crippen LogP contribution in [0.4, 0.5) is 0 Å². The molecular formula is C30H48ClN5O2. The molecule has 0 saturated carbocycles. The zero-order valence-electron chi connectivity index (χ0n) is 24.1. The van der Waals surface area contributed by atoms with Crippen molar-refractivity contribution in [2.75, 3.05) is 40.3 Å². The van der Waals surface area contributed by atoms with Crippen molar-refractivity contribution < 1.29 is 9.90 Å². The lowest BCUT2D eigenvalue weighted by Crippen LogP contribution is -2.43. The number of allylic oxidation sites excluding steroid dienone is 3. The van der Waals surface area contributed by atoms with Gasteiger partial charge in [-0.3, -0.25) is 4.79 Å². The van der Waals surface area contributed by atoms with E-state index >= 15 is 0 Å². The van der Waals surface area contributed by atoms with Gasteiger partial charge < -0.3 is 25.6 Å². The minimum Gasteiger partial charge on any atom is -0.387 e. The first-order chi connectivity index (χ1) is 18.4. The number of hydrogen-bond donors (Lipinski definition) is 4. The van der Waals surface area contributed by atoms with Crippen molar-refractivity contribution >= 4 is 17.5 Å². The fraction of sp³-hybridized carbons (Fsp3) is 0.567. The van der Waals surface area contributed by atoms with Gasteiger partial charge in [-0.1, -0.05) is 57.5 Å². The Morgan fingerprint density at radius 1 is 1.16 bits per heavy atom. The molecule has 0 spiro atoms. The van der Waals surface area contributed by atoms with Crippen LogP contribution in [0.3, 0.4) is 0 Å². The molecule has 2 aliphatic heterocycles. The van der Waals surface area contributed by atoms with Crippen LogP contribution in [0, 0.1) is 0 Å². The molecule has 2 heterocycles. The van der Waals surface area contributed by atoms with Gasteiger partial charge >= 0.3 is 0 Å². The molecule has 7 nitrogen and oxygen atoms in total. The Labute approximate surface area is 235 Å². The number of aliphatic hydroxyl groups is 1. The summed E-state index contributed by atoms with van der Waals surface area (Å²) < 4.78 is 0. The van der Waals surface area contributed by atoms with Crippen molar-refractivity contribution in [1.29, 1.82) is 0 Å². The first kappa shape index (κ1) is 31.9. The molecule has 1 amide bonds. The second-order valence-corrected chi connectivity index (χ2v) is 9.86. The summed E-state index contributed by atoms with van der Waals surface area (Å²) in [6.07, 6.45) is 8.68. The molecule has 2 atom stereocenters. The number of hydrazine groups is 1. The molecule has 0 saturated heterocycles. The van der Waals surface area contributed by atoms with Gasteiger partial charge in [-0.25, -0.2) is 5.43 Å². The average molecular weight is 546 g/mol. The van der Waals surface area contributed by atoms with Gasteiger partial charge in [0.15, 0.2) is 0 Å². The van der Waals surface area contributed by atoms with Crippen LogP contribution in [-0.2, 0) is 6.42 Å². The number of nitrogens with zero attached hydrogens (tertiary/aromatic N) is 2. The van der Waals surface area contributed by atoms with Gasteiger partial charge in [0.1, 0.15) is 5.16 Å². The lowest BCUT2D eigenvalue weighted by molar-refractivity contribution is 0.0786. The predicted molar refractivity (Wildman–Crippen MR) is 159 cm³/mol. The quantitative estimate of drug-likeness (QED) is 0.269. The summed E-state index contributed by atoms with van der Waals surface area (Å²) in [4.78, 5) is 16.6. The molecule has 0 bridgehead atoms. The standard InChI is InChI=1S/C26H36ClN5O2.2C2H6/c1-31-16-20(11-12-25(31)27)24(33)15-28-14-13-18-7-9-19(10-8-18)26(34)32(2)17-23-21-5-3-4-6-22(21)29-30-23;2*1-2/h7-12,23-24,28-30,33H,3-6,13-17H2,1-2H3;2*1-2H3. The average Bonchev–Trinajstić information content (AvgIpc) is 3.37. The second-order valence-electron chi connectivity index (χ2n) is 9.47. The monoisotopic (exact) mass is 545 g/mol. The fourth-order valence-corrected chi connectivity index (χ4v) is 4.91. The molecule has 0 fully saturated rings. The number of amides is 1. The Hall–Kier alpha value is -2.32. The zero-order chi connectivity index (χ0) is 28.1. The summed E-state index contributed by atoms with van der Waals surface area (Å²) in [5.41, 5.74) is 12.2. The van der Waals surface area contributed by atoms with Crippen LogP contribution in [0.2, 0.25) is 0 Å². The van der Waals surface area contributed by atoms with Crippen LogP contribution in [0.1, 0.15) is 69.3 Å². The number of nitrogens with one attached hydrogen (secondary N) is 3. The molecule has 1 aromatic rings. The number of carbonyl (C=O) groups excluding carboxylic acids is 1. The minimum atomic E-state index is -0.538. The SMILES string of the molecule is CC.CC.CN(CC1NNC2=C1CCCC2)C(=O)c1ccc(CCNCC(O)C2=CC=C(Cl)N(C)C2)cc1. The molecular weight excluding hydrogens is 498 g/mol. The van der Waals surface area contributed by atoms with Crippen molar-refractivity contribution in [3.05, 3.63) is 69.5 Å². The van der Waals surface area contributed by atoms with Crippen molar-refractivity contribution in [2.24, 2.45) is 0 Å². The van der Waals surface area contributed by atoms with E-state index < -0.39 is 6.10 Å². The highest BCUT2D eigenvalue weighted by molar-refractivity contribution is 6.29. The molecule has 0 radical (unpaired) electrons. The van der Waals surface area contributed by atoms with E-state index in [1.54, 1.807) is 0 Å². The fourth-order valence-electron chi connectivity index (χ4n) is 4.79. The van der Waals surface area contributed by atoms with Crippen LogP contribution >= 0.6 is 11.6 Å². The van der Waals surface area contributed by atoms with Gasteiger partial charge in [0.05, 0.1) is 12.1 Å². The summed E-state index contributed by atoms with van der Waals surface area (Å²) in [6.45, 7) is 10.5. The third kappa shape index (κ3) is 8.87. The van der Waals surface area contributed by atoms with Crippen molar-refractivity contribution in [3.63, 3.8) is 0 Å². The predicted octanol–water partition coefficient (Wildman–Crippen LogP) is 4.56. The first-order valence-electron chi connectivity index (χ1n) is 14.2. The summed E-state index contributed by atoms with van der Waals surface area (Å²) in [5, 5.41) is 14.4. The highest BCUT2D eigenvalue weighted by Crippen LogP contribution is 2.28. The highest BCUT2D eigenvalue weighted by Gasteiger charge is 2.28. The molecule has 212 valence electrons.